The lowest BCUT2D eigenvalue weighted by Crippen LogP contribution is -2.09. The Morgan fingerprint density at radius 1 is 1.54 bits per heavy atom. The molecule has 13 heavy (non-hydrogen) atoms. The van der Waals surface area contributed by atoms with Crippen molar-refractivity contribution in [1.82, 2.24) is 5.32 Å². The van der Waals surface area contributed by atoms with Crippen LogP contribution in [0.3, 0.4) is 0 Å². The first kappa shape index (κ1) is 8.64. The van der Waals surface area contributed by atoms with Crippen molar-refractivity contribution in [2.24, 2.45) is 0 Å². The first-order valence-electron chi connectivity index (χ1n) is 4.47. The van der Waals surface area contributed by atoms with E-state index in [-0.39, 0.29) is 0 Å². The minimum Gasteiger partial charge on any atom is -0.378 e. The number of nitrogens with one attached hydrogen (secondary N) is 1. The molecule has 1 aromatic carbocycles. The van der Waals surface area contributed by atoms with Crippen LogP contribution in [-0.4, -0.2) is 0 Å². The monoisotopic (exact) mass is 193 g/mol. The van der Waals surface area contributed by atoms with Gasteiger partial charge in [-0.1, -0.05) is 31.2 Å². The predicted octanol–water partition coefficient (Wildman–Crippen LogP) is 3.37. The smallest absolute Gasteiger partial charge is 0.0517 e. The zero-order chi connectivity index (χ0) is 9.42. The Kier molecular flexibility index (Phi) is 2.04. The lowest BCUT2D eigenvalue weighted by atomic mass is 10.0. The molecule has 2 rings (SSSR count). The molecule has 1 nitrogen and oxygen atoms in total. The second kappa shape index (κ2) is 3.08. The summed E-state index contributed by atoms with van der Waals surface area (Å²) in [4.78, 5) is 0. The predicted molar refractivity (Wildman–Crippen MR) is 56.7 cm³/mol. The maximum atomic E-state index is 5.91. The average Bonchev–Trinajstić information content (AvgIpc) is 2.43. The number of benzene rings is 1. The molecule has 0 fully saturated rings. The van der Waals surface area contributed by atoms with Gasteiger partial charge in [-0.25, -0.2) is 0 Å². The molecular weight excluding hydrogens is 182 g/mol. The quantitative estimate of drug-likeness (QED) is 0.721. The topological polar surface area (TPSA) is 12.0 Å². The molecule has 1 atom stereocenters. The highest BCUT2D eigenvalue weighted by atomic mass is 35.5. The van der Waals surface area contributed by atoms with Gasteiger partial charge in [-0.2, -0.15) is 0 Å². The summed E-state index contributed by atoms with van der Waals surface area (Å²) in [7, 11) is 0. The third kappa shape index (κ3) is 1.33. The summed E-state index contributed by atoms with van der Waals surface area (Å²) in [6.45, 7) is 6.13. The standard InChI is InChI=1S/C11H12ClN/c1-3-11-9-5-4-8(12)6-10(9)7(2)13-11/h4-6,11,13H,2-3H2,1H3. The summed E-state index contributed by atoms with van der Waals surface area (Å²) in [5.41, 5.74) is 3.47. The molecule has 1 heterocycles. The summed E-state index contributed by atoms with van der Waals surface area (Å²) in [6.07, 6.45) is 1.08. The maximum absolute atomic E-state index is 5.91. The fraction of sp³-hybridized carbons (Fsp3) is 0.273. The van der Waals surface area contributed by atoms with Crippen molar-refractivity contribution in [3.8, 4) is 0 Å². The fourth-order valence-electron chi connectivity index (χ4n) is 1.78. The zero-order valence-electron chi connectivity index (χ0n) is 7.60. The van der Waals surface area contributed by atoms with E-state index in [1.54, 1.807) is 0 Å². The van der Waals surface area contributed by atoms with Gasteiger partial charge in [0.1, 0.15) is 0 Å². The highest BCUT2D eigenvalue weighted by Crippen LogP contribution is 2.34. The fourth-order valence-corrected chi connectivity index (χ4v) is 1.95. The molecule has 0 saturated heterocycles. The lowest BCUT2D eigenvalue weighted by Gasteiger charge is -2.08. The van der Waals surface area contributed by atoms with Crippen LogP contribution in [0.5, 0.6) is 0 Å². The van der Waals surface area contributed by atoms with Crippen molar-refractivity contribution in [1.29, 1.82) is 0 Å². The zero-order valence-corrected chi connectivity index (χ0v) is 8.36. The molecule has 2 heteroatoms. The molecule has 1 N–H and O–H groups in total. The molecule has 0 aromatic heterocycles. The van der Waals surface area contributed by atoms with Gasteiger partial charge in [0.05, 0.1) is 6.04 Å². The molecule has 68 valence electrons. The van der Waals surface area contributed by atoms with Gasteiger partial charge in [-0.05, 0) is 24.1 Å². The number of rotatable bonds is 1. The second-order valence-corrected chi connectivity index (χ2v) is 3.75. The molecule has 0 bridgehead atoms. The first-order valence-corrected chi connectivity index (χ1v) is 4.85. The number of hydrogen-bond acceptors (Lipinski definition) is 1. The van der Waals surface area contributed by atoms with Crippen LogP contribution in [0, 0.1) is 0 Å². The minimum absolute atomic E-state index is 0.416. The van der Waals surface area contributed by atoms with E-state index in [0.29, 0.717) is 6.04 Å². The van der Waals surface area contributed by atoms with Crippen LogP contribution < -0.4 is 5.32 Å². The number of hydrogen-bond donors (Lipinski definition) is 1. The molecule has 0 spiro atoms. The number of halogens is 1. The second-order valence-electron chi connectivity index (χ2n) is 3.32. The molecule has 1 unspecified atom stereocenters. The third-order valence-electron chi connectivity index (χ3n) is 2.47. The van der Waals surface area contributed by atoms with Crippen molar-refractivity contribution in [3.63, 3.8) is 0 Å². The Labute approximate surface area is 83.4 Å². The highest BCUT2D eigenvalue weighted by Gasteiger charge is 2.22. The van der Waals surface area contributed by atoms with Crippen LogP contribution >= 0.6 is 11.6 Å². The lowest BCUT2D eigenvalue weighted by molar-refractivity contribution is 0.640. The van der Waals surface area contributed by atoms with Gasteiger partial charge >= 0.3 is 0 Å². The van der Waals surface area contributed by atoms with E-state index in [0.717, 1.165) is 17.1 Å². The van der Waals surface area contributed by atoms with E-state index in [2.05, 4.69) is 24.9 Å². The van der Waals surface area contributed by atoms with Gasteiger partial charge in [-0.15, -0.1) is 0 Å². The Morgan fingerprint density at radius 2 is 2.31 bits per heavy atom. The van der Waals surface area contributed by atoms with Crippen molar-refractivity contribution in [2.45, 2.75) is 19.4 Å². The Morgan fingerprint density at radius 3 is 3.00 bits per heavy atom. The van der Waals surface area contributed by atoms with Gasteiger partial charge in [0, 0.05) is 16.3 Å². The van der Waals surface area contributed by atoms with E-state index in [4.69, 9.17) is 11.6 Å². The summed E-state index contributed by atoms with van der Waals surface area (Å²) < 4.78 is 0. The highest BCUT2D eigenvalue weighted by molar-refractivity contribution is 6.30. The Balaban J connectivity index is 2.52. The summed E-state index contributed by atoms with van der Waals surface area (Å²) in [6, 6.07) is 6.40. The maximum Gasteiger partial charge on any atom is 0.0517 e. The van der Waals surface area contributed by atoms with Crippen molar-refractivity contribution in [2.75, 3.05) is 0 Å². The molecular formula is C11H12ClN. The van der Waals surface area contributed by atoms with Crippen LogP contribution in [0.4, 0.5) is 0 Å². The summed E-state index contributed by atoms with van der Waals surface area (Å²) in [5.74, 6) is 0. The van der Waals surface area contributed by atoms with Crippen LogP contribution in [0.25, 0.3) is 5.70 Å². The summed E-state index contributed by atoms with van der Waals surface area (Å²) >= 11 is 5.91. The SMILES string of the molecule is C=C1NC(CC)c2ccc(Cl)cc21. The van der Waals surface area contributed by atoms with E-state index in [1.165, 1.54) is 11.1 Å². The molecule has 1 aliphatic rings. The number of fused-ring (bicyclic) bond motifs is 1. The van der Waals surface area contributed by atoms with E-state index in [9.17, 15) is 0 Å². The van der Waals surface area contributed by atoms with Gasteiger partial charge in [0.25, 0.3) is 0 Å². The third-order valence-corrected chi connectivity index (χ3v) is 2.71. The van der Waals surface area contributed by atoms with Gasteiger partial charge in [-0.3, -0.25) is 0 Å². The van der Waals surface area contributed by atoms with Gasteiger partial charge in [0.15, 0.2) is 0 Å². The largest absolute Gasteiger partial charge is 0.378 e. The van der Waals surface area contributed by atoms with Crippen molar-refractivity contribution < 1.29 is 0 Å². The van der Waals surface area contributed by atoms with E-state index < -0.39 is 0 Å². The first-order chi connectivity index (χ1) is 6.22. The molecule has 0 radical (unpaired) electrons. The Bertz CT molecular complexity index is 357. The van der Waals surface area contributed by atoms with Crippen LogP contribution in [0.15, 0.2) is 24.8 Å². The molecule has 0 amide bonds. The van der Waals surface area contributed by atoms with Crippen molar-refractivity contribution in [3.05, 3.63) is 40.9 Å². The van der Waals surface area contributed by atoms with Crippen LogP contribution in [0.1, 0.15) is 30.5 Å². The minimum atomic E-state index is 0.416. The normalized spacial score (nSPS) is 19.8. The van der Waals surface area contributed by atoms with Crippen molar-refractivity contribution >= 4 is 17.3 Å². The van der Waals surface area contributed by atoms with E-state index >= 15 is 0 Å². The average molecular weight is 194 g/mol. The molecule has 1 aliphatic heterocycles. The van der Waals surface area contributed by atoms with Crippen LogP contribution in [0.2, 0.25) is 5.02 Å². The van der Waals surface area contributed by atoms with Gasteiger partial charge < -0.3 is 5.32 Å². The van der Waals surface area contributed by atoms with E-state index in [1.807, 2.05) is 12.1 Å². The Hall–Kier alpha value is -0.950. The summed E-state index contributed by atoms with van der Waals surface area (Å²) in [5, 5.41) is 4.12. The molecule has 0 saturated carbocycles. The van der Waals surface area contributed by atoms with Crippen LogP contribution in [-0.2, 0) is 0 Å². The van der Waals surface area contributed by atoms with Gasteiger partial charge in [0.2, 0.25) is 0 Å². The molecule has 1 aromatic rings. The molecule has 0 aliphatic carbocycles.